The lowest BCUT2D eigenvalue weighted by atomic mass is 9.99. The number of ether oxygens (including phenoxy) is 3. The molecule has 0 amide bonds. The number of fused-ring (bicyclic) bond motifs is 2. The molecule has 4 nitrogen and oxygen atoms in total. The smallest absolute Gasteiger partial charge is 0.193 e. The molecule has 0 aromatic heterocycles. The third kappa shape index (κ3) is 3.25. The van der Waals surface area contributed by atoms with Gasteiger partial charge in [0.25, 0.3) is 0 Å². The number of hydrogen-bond acceptors (Lipinski definition) is 4. The fourth-order valence-electron chi connectivity index (χ4n) is 3.58. The fourth-order valence-corrected chi connectivity index (χ4v) is 3.58. The average molecular weight is 338 g/mol. The Balaban J connectivity index is 1.61. The van der Waals surface area contributed by atoms with Crippen molar-refractivity contribution in [3.8, 4) is 0 Å². The van der Waals surface area contributed by atoms with Crippen molar-refractivity contribution >= 4 is 5.78 Å². The molecule has 0 radical (unpaired) electrons. The minimum Gasteiger partial charge on any atom is -0.370 e. The summed E-state index contributed by atoms with van der Waals surface area (Å²) in [7, 11) is 0. The van der Waals surface area contributed by atoms with Crippen LogP contribution in [-0.2, 0) is 20.6 Å². The minimum absolute atomic E-state index is 0.0684. The summed E-state index contributed by atoms with van der Waals surface area (Å²) in [5.74, 6) is -0.489. The third-order valence-electron chi connectivity index (χ3n) is 4.77. The normalized spacial score (nSPS) is 24.5. The number of benzene rings is 2. The van der Waals surface area contributed by atoms with Crippen LogP contribution in [0.15, 0.2) is 48.5 Å². The molecule has 2 aliphatic rings. The Bertz CT molecular complexity index is 796. The van der Waals surface area contributed by atoms with Crippen molar-refractivity contribution in [2.45, 2.75) is 38.3 Å². The van der Waals surface area contributed by atoms with Crippen molar-refractivity contribution in [1.82, 2.24) is 0 Å². The van der Waals surface area contributed by atoms with E-state index in [1.807, 2.05) is 62.4 Å². The Hall–Kier alpha value is -2.01. The summed E-state index contributed by atoms with van der Waals surface area (Å²) >= 11 is 0. The van der Waals surface area contributed by atoms with Gasteiger partial charge in [0.2, 0.25) is 0 Å². The van der Waals surface area contributed by atoms with Crippen LogP contribution in [0.4, 0.5) is 0 Å². The van der Waals surface area contributed by atoms with E-state index < -0.39 is 5.79 Å². The minimum atomic E-state index is -0.558. The molecule has 1 heterocycles. The second-order valence-electron chi connectivity index (χ2n) is 7.05. The van der Waals surface area contributed by atoms with E-state index in [4.69, 9.17) is 14.2 Å². The molecule has 2 atom stereocenters. The number of rotatable bonds is 3. The molecule has 25 heavy (non-hydrogen) atoms. The molecule has 0 bridgehead atoms. The van der Waals surface area contributed by atoms with E-state index in [1.165, 1.54) is 0 Å². The lowest BCUT2D eigenvalue weighted by Gasteiger charge is -2.21. The lowest BCUT2D eigenvalue weighted by Crippen LogP contribution is -2.25. The molecule has 130 valence electrons. The third-order valence-corrected chi connectivity index (χ3v) is 4.77. The monoisotopic (exact) mass is 338 g/mol. The van der Waals surface area contributed by atoms with Gasteiger partial charge in [-0.3, -0.25) is 4.79 Å². The Labute approximate surface area is 147 Å². The topological polar surface area (TPSA) is 44.8 Å². The summed E-state index contributed by atoms with van der Waals surface area (Å²) in [5, 5.41) is 0. The second kappa shape index (κ2) is 6.37. The van der Waals surface area contributed by atoms with Crippen LogP contribution in [-0.4, -0.2) is 30.9 Å². The Morgan fingerprint density at radius 1 is 1.08 bits per heavy atom. The van der Waals surface area contributed by atoms with E-state index in [0.717, 1.165) is 22.3 Å². The van der Waals surface area contributed by atoms with Gasteiger partial charge in [0.1, 0.15) is 6.10 Å². The number of carbonyl (C=O) groups excluding carboxylic acids is 1. The van der Waals surface area contributed by atoms with Gasteiger partial charge in [0, 0.05) is 17.5 Å². The molecule has 1 aliphatic heterocycles. The fraction of sp³-hybridized carbons (Fsp3) is 0.381. The molecule has 1 fully saturated rings. The van der Waals surface area contributed by atoms with E-state index in [9.17, 15) is 4.79 Å². The van der Waals surface area contributed by atoms with E-state index >= 15 is 0 Å². The molecular weight excluding hydrogens is 316 g/mol. The van der Waals surface area contributed by atoms with Crippen LogP contribution in [0.1, 0.15) is 47.0 Å². The lowest BCUT2D eigenvalue weighted by molar-refractivity contribution is -0.147. The largest absolute Gasteiger partial charge is 0.370 e. The molecule has 2 aromatic carbocycles. The highest BCUT2D eigenvalue weighted by Crippen LogP contribution is 2.33. The average Bonchev–Trinajstić information content (AvgIpc) is 2.91. The molecular formula is C21H22O4. The standard InChI is InChI=1S/C21H22O4/c1-21(2)24-13-15(25-21)12-23-19-11-14-7-3-4-8-16(14)20(22)18-10-6-5-9-17(18)19/h3-10,15,19H,11-13H2,1-2H3. The Kier molecular flexibility index (Phi) is 4.20. The molecule has 2 aromatic rings. The van der Waals surface area contributed by atoms with Gasteiger partial charge in [-0.2, -0.15) is 0 Å². The molecule has 1 saturated heterocycles. The van der Waals surface area contributed by atoms with Gasteiger partial charge >= 0.3 is 0 Å². The van der Waals surface area contributed by atoms with Crippen molar-refractivity contribution in [3.63, 3.8) is 0 Å². The Morgan fingerprint density at radius 2 is 1.80 bits per heavy atom. The molecule has 0 N–H and O–H groups in total. The summed E-state index contributed by atoms with van der Waals surface area (Å²) in [5.41, 5.74) is 3.46. The SMILES string of the molecule is CC1(C)OCC(COC2Cc3ccccc3C(=O)c3ccccc32)O1. The van der Waals surface area contributed by atoms with E-state index in [2.05, 4.69) is 0 Å². The van der Waals surface area contributed by atoms with Crippen LogP contribution in [0.2, 0.25) is 0 Å². The van der Waals surface area contributed by atoms with Gasteiger partial charge in [0.05, 0.1) is 19.3 Å². The van der Waals surface area contributed by atoms with E-state index in [0.29, 0.717) is 19.6 Å². The van der Waals surface area contributed by atoms with Crippen molar-refractivity contribution in [2.75, 3.05) is 13.2 Å². The van der Waals surface area contributed by atoms with Gasteiger partial charge in [-0.05, 0) is 25.0 Å². The summed E-state index contributed by atoms with van der Waals surface area (Å²) in [6.45, 7) is 4.78. The molecule has 2 unspecified atom stereocenters. The van der Waals surface area contributed by atoms with Crippen molar-refractivity contribution < 1.29 is 19.0 Å². The van der Waals surface area contributed by atoms with Crippen LogP contribution >= 0.6 is 0 Å². The summed E-state index contributed by atoms with van der Waals surface area (Å²) in [6, 6.07) is 15.5. The maximum Gasteiger partial charge on any atom is 0.193 e. The zero-order chi connectivity index (χ0) is 17.4. The van der Waals surface area contributed by atoms with Crippen LogP contribution in [0.25, 0.3) is 0 Å². The number of hydrogen-bond donors (Lipinski definition) is 0. The maximum atomic E-state index is 12.9. The quantitative estimate of drug-likeness (QED) is 0.856. The summed E-state index contributed by atoms with van der Waals surface area (Å²) in [4.78, 5) is 12.9. The highest BCUT2D eigenvalue weighted by molar-refractivity contribution is 6.11. The zero-order valence-corrected chi connectivity index (χ0v) is 14.5. The van der Waals surface area contributed by atoms with Gasteiger partial charge in [0.15, 0.2) is 11.6 Å². The van der Waals surface area contributed by atoms with Gasteiger partial charge in [-0.15, -0.1) is 0 Å². The van der Waals surface area contributed by atoms with Crippen molar-refractivity contribution in [1.29, 1.82) is 0 Å². The predicted octanol–water partition coefficient (Wildman–Crippen LogP) is 3.68. The highest BCUT2D eigenvalue weighted by atomic mass is 16.7. The van der Waals surface area contributed by atoms with Crippen molar-refractivity contribution in [2.24, 2.45) is 0 Å². The zero-order valence-electron chi connectivity index (χ0n) is 14.5. The first-order chi connectivity index (χ1) is 12.0. The van der Waals surface area contributed by atoms with Crippen LogP contribution in [0.5, 0.6) is 0 Å². The first kappa shape index (κ1) is 16.5. The van der Waals surface area contributed by atoms with Crippen molar-refractivity contribution in [3.05, 3.63) is 70.8 Å². The Morgan fingerprint density at radius 3 is 2.56 bits per heavy atom. The molecule has 1 aliphatic carbocycles. The number of carbonyl (C=O) groups is 1. The molecule has 0 saturated carbocycles. The van der Waals surface area contributed by atoms with Crippen LogP contribution in [0, 0.1) is 0 Å². The first-order valence-electron chi connectivity index (χ1n) is 8.68. The summed E-state index contributed by atoms with van der Waals surface area (Å²) in [6.07, 6.45) is 0.420. The van der Waals surface area contributed by atoms with Crippen LogP contribution in [0.3, 0.4) is 0 Å². The highest BCUT2D eigenvalue weighted by Gasteiger charge is 2.34. The van der Waals surface area contributed by atoms with Gasteiger partial charge < -0.3 is 14.2 Å². The summed E-state index contributed by atoms with van der Waals surface area (Å²) < 4.78 is 17.7. The predicted molar refractivity (Wildman–Crippen MR) is 93.6 cm³/mol. The first-order valence-corrected chi connectivity index (χ1v) is 8.68. The molecule has 4 rings (SSSR count). The van der Waals surface area contributed by atoms with Gasteiger partial charge in [-0.25, -0.2) is 0 Å². The number of ketones is 1. The van der Waals surface area contributed by atoms with E-state index in [-0.39, 0.29) is 18.0 Å². The molecule has 0 spiro atoms. The second-order valence-corrected chi connectivity index (χ2v) is 7.05. The molecule has 4 heteroatoms. The van der Waals surface area contributed by atoms with E-state index in [1.54, 1.807) is 0 Å². The van der Waals surface area contributed by atoms with Gasteiger partial charge in [-0.1, -0.05) is 48.5 Å². The maximum absolute atomic E-state index is 12.9. The van der Waals surface area contributed by atoms with Crippen LogP contribution < -0.4 is 0 Å².